The number of alkyl carbamates (subject to hydrolysis) is 1. The highest BCUT2D eigenvalue weighted by Crippen LogP contribution is 2.14. The number of ether oxygens (including phenoxy) is 1. The number of alkyl halides is 3. The van der Waals surface area contributed by atoms with Gasteiger partial charge in [0.15, 0.2) is 0 Å². The number of amides is 4. The number of unbranched alkanes of at least 4 members (excludes halogenated alkanes) is 2. The summed E-state index contributed by atoms with van der Waals surface area (Å²) in [4.78, 5) is 58.2. The number of carbonyl (C=O) groups excluding carboxylic acids is 3. The summed E-state index contributed by atoms with van der Waals surface area (Å²) in [6.45, 7) is 2.77. The van der Waals surface area contributed by atoms with Crippen LogP contribution < -0.4 is 27.0 Å². The molecule has 0 unspecified atom stereocenters. The molecular weight excluding hydrogens is 627 g/mol. The molecule has 8 N–H and O–H groups in total. The van der Waals surface area contributed by atoms with Gasteiger partial charge in [0.1, 0.15) is 18.7 Å². The Morgan fingerprint density at radius 3 is 1.89 bits per heavy atom. The van der Waals surface area contributed by atoms with Crippen LogP contribution in [0.2, 0.25) is 0 Å². The molecule has 0 aliphatic heterocycles. The SMILES string of the molecule is C[C@@H](NC(=O)[C@@H](CCCCNC(=O)OCc1ccccc1)NC(=O)N[C@@H](CCCCN)C(=O)O)c1ccccc1.O=C(O)C(F)(F)F. The molecule has 0 fully saturated rings. The van der Waals surface area contributed by atoms with E-state index >= 15 is 0 Å². The van der Waals surface area contributed by atoms with Gasteiger partial charge in [-0.05, 0) is 63.1 Å². The minimum Gasteiger partial charge on any atom is -0.480 e. The molecule has 2 aromatic rings. The lowest BCUT2D eigenvalue weighted by atomic mass is 10.1. The number of nitrogens with one attached hydrogen (secondary N) is 4. The molecule has 0 heterocycles. The maximum atomic E-state index is 13.1. The summed E-state index contributed by atoms with van der Waals surface area (Å²) >= 11 is 0. The molecule has 0 saturated carbocycles. The van der Waals surface area contributed by atoms with Crippen LogP contribution in [0.25, 0.3) is 0 Å². The summed E-state index contributed by atoms with van der Waals surface area (Å²) in [5.41, 5.74) is 7.26. The first-order valence-corrected chi connectivity index (χ1v) is 14.8. The van der Waals surface area contributed by atoms with Gasteiger partial charge in [0.25, 0.3) is 0 Å². The van der Waals surface area contributed by atoms with Gasteiger partial charge in [-0.1, -0.05) is 60.7 Å². The van der Waals surface area contributed by atoms with Crippen LogP contribution in [-0.2, 0) is 25.7 Å². The molecule has 0 aliphatic carbocycles. The molecule has 0 radical (unpaired) electrons. The monoisotopic (exact) mass is 669 g/mol. The largest absolute Gasteiger partial charge is 0.490 e. The van der Waals surface area contributed by atoms with Gasteiger partial charge < -0.3 is 42.0 Å². The number of aliphatic carboxylic acids is 2. The molecular formula is C31H42F3N5O8. The van der Waals surface area contributed by atoms with Crippen LogP contribution in [0.1, 0.15) is 62.6 Å². The Hall–Kier alpha value is -4.86. The van der Waals surface area contributed by atoms with E-state index in [9.17, 15) is 37.5 Å². The van der Waals surface area contributed by atoms with Crippen molar-refractivity contribution in [2.45, 2.75) is 76.4 Å². The quantitative estimate of drug-likeness (QED) is 0.122. The number of nitrogens with two attached hydrogens (primary N) is 1. The lowest BCUT2D eigenvalue weighted by molar-refractivity contribution is -0.192. The molecule has 0 aromatic heterocycles. The number of urea groups is 1. The Bertz CT molecular complexity index is 1250. The minimum absolute atomic E-state index is 0.164. The van der Waals surface area contributed by atoms with E-state index in [1.54, 1.807) is 0 Å². The first-order chi connectivity index (χ1) is 22.2. The molecule has 3 atom stereocenters. The first kappa shape index (κ1) is 40.2. The molecule has 16 heteroatoms. The van der Waals surface area contributed by atoms with E-state index in [0.29, 0.717) is 38.8 Å². The number of carboxylic acid groups (broad SMARTS) is 2. The van der Waals surface area contributed by atoms with Crippen molar-refractivity contribution >= 4 is 30.0 Å². The van der Waals surface area contributed by atoms with Crippen molar-refractivity contribution in [3.63, 3.8) is 0 Å². The molecule has 260 valence electrons. The molecule has 0 aliphatic rings. The van der Waals surface area contributed by atoms with Crippen LogP contribution in [0.5, 0.6) is 0 Å². The van der Waals surface area contributed by atoms with Crippen LogP contribution in [0.4, 0.5) is 22.8 Å². The Morgan fingerprint density at radius 1 is 0.809 bits per heavy atom. The maximum Gasteiger partial charge on any atom is 0.490 e. The molecule has 13 nitrogen and oxygen atoms in total. The predicted octanol–water partition coefficient (Wildman–Crippen LogP) is 3.84. The Balaban J connectivity index is 0.00000141. The number of rotatable bonds is 17. The second-order valence-electron chi connectivity index (χ2n) is 10.3. The van der Waals surface area contributed by atoms with Crippen molar-refractivity contribution in [2.75, 3.05) is 13.1 Å². The van der Waals surface area contributed by atoms with E-state index in [1.165, 1.54) is 0 Å². The molecule has 2 aromatic carbocycles. The van der Waals surface area contributed by atoms with Gasteiger partial charge in [-0.3, -0.25) is 4.79 Å². The van der Waals surface area contributed by atoms with Gasteiger partial charge >= 0.3 is 30.2 Å². The zero-order chi connectivity index (χ0) is 35.2. The smallest absolute Gasteiger partial charge is 0.480 e. The highest BCUT2D eigenvalue weighted by molar-refractivity contribution is 5.89. The Labute approximate surface area is 270 Å². The minimum atomic E-state index is -5.08. The van der Waals surface area contributed by atoms with E-state index in [0.717, 1.165) is 11.1 Å². The molecule has 0 spiro atoms. The van der Waals surface area contributed by atoms with Crippen LogP contribution in [0, 0.1) is 0 Å². The van der Waals surface area contributed by atoms with Gasteiger partial charge in [0.2, 0.25) is 5.91 Å². The third-order valence-electron chi connectivity index (χ3n) is 6.47. The van der Waals surface area contributed by atoms with Crippen molar-refractivity contribution in [3.8, 4) is 0 Å². The zero-order valence-corrected chi connectivity index (χ0v) is 25.9. The molecule has 0 saturated heterocycles. The van der Waals surface area contributed by atoms with Crippen LogP contribution in [0.15, 0.2) is 60.7 Å². The number of hydrogen-bond donors (Lipinski definition) is 7. The number of hydrogen-bond acceptors (Lipinski definition) is 7. The van der Waals surface area contributed by atoms with Crippen molar-refractivity contribution in [2.24, 2.45) is 5.73 Å². The third kappa shape index (κ3) is 18.0. The average molecular weight is 670 g/mol. The van der Waals surface area contributed by atoms with Crippen molar-refractivity contribution in [1.29, 1.82) is 0 Å². The van der Waals surface area contributed by atoms with Crippen LogP contribution >= 0.6 is 0 Å². The lowest BCUT2D eigenvalue weighted by Crippen LogP contribution is -2.53. The van der Waals surface area contributed by atoms with Crippen LogP contribution in [0.3, 0.4) is 0 Å². The second kappa shape index (κ2) is 21.8. The van der Waals surface area contributed by atoms with Gasteiger partial charge in [-0.2, -0.15) is 13.2 Å². The number of halogens is 3. The summed E-state index contributed by atoms with van der Waals surface area (Å²) in [6.07, 6.45) is -2.87. The predicted molar refractivity (Wildman–Crippen MR) is 165 cm³/mol. The molecule has 2 rings (SSSR count). The lowest BCUT2D eigenvalue weighted by Gasteiger charge is -2.23. The van der Waals surface area contributed by atoms with Crippen molar-refractivity contribution < 1.29 is 52.1 Å². The van der Waals surface area contributed by atoms with Gasteiger partial charge in [-0.15, -0.1) is 0 Å². The highest BCUT2D eigenvalue weighted by atomic mass is 19.4. The van der Waals surface area contributed by atoms with Gasteiger partial charge in [0, 0.05) is 6.54 Å². The Morgan fingerprint density at radius 2 is 1.34 bits per heavy atom. The summed E-state index contributed by atoms with van der Waals surface area (Å²) < 4.78 is 36.9. The number of benzene rings is 2. The third-order valence-corrected chi connectivity index (χ3v) is 6.47. The zero-order valence-electron chi connectivity index (χ0n) is 25.9. The topological polar surface area (TPSA) is 209 Å². The number of carbonyl (C=O) groups is 5. The summed E-state index contributed by atoms with van der Waals surface area (Å²) in [5.74, 6) is -4.31. The summed E-state index contributed by atoms with van der Waals surface area (Å²) in [6, 6.07) is 15.7. The van der Waals surface area contributed by atoms with E-state index in [2.05, 4.69) is 21.3 Å². The second-order valence-corrected chi connectivity index (χ2v) is 10.3. The number of carboxylic acids is 2. The summed E-state index contributed by atoms with van der Waals surface area (Å²) in [5, 5.41) is 27.2. The van der Waals surface area contributed by atoms with Crippen molar-refractivity contribution in [3.05, 3.63) is 71.8 Å². The van der Waals surface area contributed by atoms with Gasteiger partial charge in [0.05, 0.1) is 6.04 Å². The molecule has 4 amide bonds. The fourth-order valence-electron chi connectivity index (χ4n) is 3.95. The Kier molecular flexibility index (Phi) is 18.6. The normalized spacial score (nSPS) is 12.6. The van der Waals surface area contributed by atoms with Crippen LogP contribution in [-0.4, -0.2) is 71.5 Å². The molecule has 0 bridgehead atoms. The van der Waals surface area contributed by atoms with E-state index < -0.39 is 48.2 Å². The fraction of sp³-hybridized carbons (Fsp3) is 0.452. The van der Waals surface area contributed by atoms with Crippen molar-refractivity contribution in [1.82, 2.24) is 21.3 Å². The highest BCUT2D eigenvalue weighted by Gasteiger charge is 2.38. The van der Waals surface area contributed by atoms with E-state index in [-0.39, 0.29) is 25.5 Å². The summed E-state index contributed by atoms with van der Waals surface area (Å²) in [7, 11) is 0. The first-order valence-electron chi connectivity index (χ1n) is 14.8. The fourth-order valence-corrected chi connectivity index (χ4v) is 3.95. The standard InChI is InChI=1S/C29H41N5O6.C2HF3O2/c1-21(23-14-6-3-7-15-23)32-26(35)24(33-28(38)34-25(27(36)37)17-8-10-18-30)16-9-11-19-31-29(39)40-20-22-12-4-2-5-13-22;3-2(4,5)1(6)7/h2-7,12-15,21,24-25H,8-11,16-20,30H2,1H3,(H,31,39)(H,32,35)(H,36,37)(H2,33,34,38);(H,6,7)/t21-,24-,25+;/m1./s1. The maximum absolute atomic E-state index is 13.1. The van der Waals surface area contributed by atoms with Gasteiger partial charge in [-0.25, -0.2) is 19.2 Å². The van der Waals surface area contributed by atoms with E-state index in [4.69, 9.17) is 20.4 Å². The van der Waals surface area contributed by atoms with E-state index in [1.807, 2.05) is 67.6 Å². The average Bonchev–Trinajstić information content (AvgIpc) is 3.03. The molecule has 47 heavy (non-hydrogen) atoms.